The number of aliphatic hydroxyl groups is 1. The zero-order valence-electron chi connectivity index (χ0n) is 9.59. The molecule has 2 N–H and O–H groups in total. The van der Waals surface area contributed by atoms with Crippen LogP contribution in [0.4, 0.5) is 5.69 Å². The molecule has 0 bridgehead atoms. The van der Waals surface area contributed by atoms with Crippen molar-refractivity contribution in [3.8, 4) is 5.75 Å². The third-order valence-corrected chi connectivity index (χ3v) is 3.27. The van der Waals surface area contributed by atoms with Crippen LogP contribution in [0.5, 0.6) is 5.75 Å². The van der Waals surface area contributed by atoms with Crippen LogP contribution in [0.15, 0.2) is 41.1 Å². The van der Waals surface area contributed by atoms with E-state index in [0.29, 0.717) is 0 Å². The van der Waals surface area contributed by atoms with Crippen molar-refractivity contribution < 1.29 is 9.84 Å². The molecule has 1 atom stereocenters. The summed E-state index contributed by atoms with van der Waals surface area (Å²) in [5, 5.41) is 16.7. The number of hydrogen-bond acceptors (Lipinski definition) is 4. The molecule has 0 aliphatic heterocycles. The average molecular weight is 249 g/mol. The first-order chi connectivity index (χ1) is 8.35. The van der Waals surface area contributed by atoms with Gasteiger partial charge in [-0.15, -0.1) is 0 Å². The predicted molar refractivity (Wildman–Crippen MR) is 70.8 cm³/mol. The molecule has 2 rings (SSSR count). The van der Waals surface area contributed by atoms with Gasteiger partial charge in [-0.1, -0.05) is 12.1 Å². The van der Waals surface area contributed by atoms with Gasteiger partial charge >= 0.3 is 0 Å². The summed E-state index contributed by atoms with van der Waals surface area (Å²) in [4.78, 5) is 0. The van der Waals surface area contributed by atoms with Gasteiger partial charge in [0.1, 0.15) is 5.75 Å². The molecule has 0 radical (unpaired) electrons. The fraction of sp³-hybridized carbons (Fsp3) is 0.231. The number of benzene rings is 1. The lowest BCUT2D eigenvalue weighted by atomic mass is 10.1. The highest BCUT2D eigenvalue weighted by Crippen LogP contribution is 2.28. The lowest BCUT2D eigenvalue weighted by molar-refractivity contribution is 0.276. The van der Waals surface area contributed by atoms with Crippen LogP contribution < -0.4 is 10.1 Å². The summed E-state index contributed by atoms with van der Waals surface area (Å²) in [7, 11) is 1.64. The van der Waals surface area contributed by atoms with Crippen molar-refractivity contribution in [1.82, 2.24) is 0 Å². The molecule has 0 fully saturated rings. The maximum absolute atomic E-state index is 9.42. The molecule has 0 aliphatic rings. The molecule has 0 saturated heterocycles. The van der Waals surface area contributed by atoms with Crippen LogP contribution in [0.25, 0.3) is 0 Å². The molecule has 2 aromatic rings. The van der Waals surface area contributed by atoms with Crippen LogP contribution in [0.3, 0.4) is 0 Å². The van der Waals surface area contributed by atoms with Gasteiger partial charge in [-0.25, -0.2) is 0 Å². The minimum atomic E-state index is -0.0995. The number of thiophene rings is 1. The Morgan fingerprint density at radius 2 is 2.18 bits per heavy atom. The molecule has 4 heteroatoms. The lowest BCUT2D eigenvalue weighted by Gasteiger charge is -2.18. The van der Waals surface area contributed by atoms with E-state index in [9.17, 15) is 5.11 Å². The van der Waals surface area contributed by atoms with E-state index in [1.165, 1.54) is 0 Å². The van der Waals surface area contributed by atoms with Crippen molar-refractivity contribution in [2.24, 2.45) is 0 Å². The maximum atomic E-state index is 9.42. The van der Waals surface area contributed by atoms with Crippen LogP contribution in [0.1, 0.15) is 11.6 Å². The molecule has 1 heterocycles. The van der Waals surface area contributed by atoms with Gasteiger partial charge in [-0.05, 0) is 34.5 Å². The first-order valence-electron chi connectivity index (χ1n) is 5.37. The Bertz CT molecular complexity index is 456. The Hall–Kier alpha value is -1.52. The Morgan fingerprint density at radius 1 is 1.35 bits per heavy atom. The third-order valence-electron chi connectivity index (χ3n) is 2.56. The number of para-hydroxylation sites is 2. The SMILES string of the molecule is COc1ccccc1NC(CO)c1ccsc1. The molecule has 1 aromatic heterocycles. The van der Waals surface area contributed by atoms with Gasteiger partial charge in [0.05, 0.1) is 25.4 Å². The molecule has 0 saturated carbocycles. The number of rotatable bonds is 5. The Balaban J connectivity index is 2.18. The molecule has 90 valence electrons. The smallest absolute Gasteiger partial charge is 0.141 e. The Kier molecular flexibility index (Phi) is 4.01. The van der Waals surface area contributed by atoms with Crippen LogP contribution in [0, 0.1) is 0 Å². The first kappa shape index (κ1) is 12.0. The van der Waals surface area contributed by atoms with Crippen molar-refractivity contribution in [2.75, 3.05) is 19.0 Å². The number of methoxy groups -OCH3 is 1. The molecule has 17 heavy (non-hydrogen) atoms. The average Bonchev–Trinajstić information content (AvgIpc) is 2.90. The highest BCUT2D eigenvalue weighted by Gasteiger charge is 2.12. The number of ether oxygens (including phenoxy) is 1. The number of aliphatic hydroxyl groups excluding tert-OH is 1. The molecule has 1 unspecified atom stereocenters. The lowest BCUT2D eigenvalue weighted by Crippen LogP contribution is -2.14. The highest BCUT2D eigenvalue weighted by atomic mass is 32.1. The van der Waals surface area contributed by atoms with Crippen molar-refractivity contribution >= 4 is 17.0 Å². The van der Waals surface area contributed by atoms with Gasteiger partial charge in [0.15, 0.2) is 0 Å². The molecule has 0 spiro atoms. The molecular weight excluding hydrogens is 234 g/mol. The van der Waals surface area contributed by atoms with E-state index >= 15 is 0 Å². The minimum Gasteiger partial charge on any atom is -0.495 e. The summed E-state index contributed by atoms with van der Waals surface area (Å²) < 4.78 is 5.27. The number of hydrogen-bond donors (Lipinski definition) is 2. The normalized spacial score (nSPS) is 12.1. The van der Waals surface area contributed by atoms with Crippen molar-refractivity contribution in [1.29, 1.82) is 0 Å². The fourth-order valence-electron chi connectivity index (χ4n) is 1.66. The van der Waals surface area contributed by atoms with Crippen LogP contribution in [-0.2, 0) is 0 Å². The molecule has 0 aliphatic carbocycles. The topological polar surface area (TPSA) is 41.5 Å². The van der Waals surface area contributed by atoms with Gasteiger partial charge in [0.2, 0.25) is 0 Å². The van der Waals surface area contributed by atoms with Crippen molar-refractivity contribution in [3.63, 3.8) is 0 Å². The van der Waals surface area contributed by atoms with E-state index in [-0.39, 0.29) is 12.6 Å². The first-order valence-corrected chi connectivity index (χ1v) is 6.32. The second-order valence-electron chi connectivity index (χ2n) is 3.64. The largest absolute Gasteiger partial charge is 0.495 e. The fourth-order valence-corrected chi connectivity index (χ4v) is 2.37. The van der Waals surface area contributed by atoms with Gasteiger partial charge in [-0.2, -0.15) is 11.3 Å². The van der Waals surface area contributed by atoms with Crippen LogP contribution >= 0.6 is 11.3 Å². The van der Waals surface area contributed by atoms with Crippen molar-refractivity contribution in [2.45, 2.75) is 6.04 Å². The van der Waals surface area contributed by atoms with E-state index in [2.05, 4.69) is 5.32 Å². The second-order valence-corrected chi connectivity index (χ2v) is 4.42. The quantitative estimate of drug-likeness (QED) is 0.856. The number of anilines is 1. The summed E-state index contributed by atoms with van der Waals surface area (Å²) in [5.41, 5.74) is 1.98. The predicted octanol–water partition coefficient (Wildman–Crippen LogP) is 2.90. The molecule has 1 aromatic carbocycles. The summed E-state index contributed by atoms with van der Waals surface area (Å²) in [6.45, 7) is 0.0504. The molecule has 0 amide bonds. The van der Waals surface area contributed by atoms with Crippen LogP contribution in [0.2, 0.25) is 0 Å². The zero-order chi connectivity index (χ0) is 12.1. The monoisotopic (exact) mass is 249 g/mol. The summed E-state index contributed by atoms with van der Waals surface area (Å²) >= 11 is 1.62. The number of nitrogens with one attached hydrogen (secondary N) is 1. The van der Waals surface area contributed by atoms with Crippen LogP contribution in [-0.4, -0.2) is 18.8 Å². The highest BCUT2D eigenvalue weighted by molar-refractivity contribution is 7.08. The standard InChI is InChI=1S/C13H15NO2S/c1-16-13-5-3-2-4-11(13)14-12(8-15)10-6-7-17-9-10/h2-7,9,12,14-15H,8H2,1H3. The third kappa shape index (κ3) is 2.78. The molecule has 3 nitrogen and oxygen atoms in total. The molecular formula is C13H15NO2S. The van der Waals surface area contributed by atoms with E-state index in [0.717, 1.165) is 17.0 Å². The van der Waals surface area contributed by atoms with Gasteiger partial charge in [0, 0.05) is 0 Å². The van der Waals surface area contributed by atoms with E-state index in [1.807, 2.05) is 41.1 Å². The summed E-state index contributed by atoms with van der Waals surface area (Å²) in [6, 6.07) is 9.60. The summed E-state index contributed by atoms with van der Waals surface area (Å²) in [6.07, 6.45) is 0. The van der Waals surface area contributed by atoms with E-state index in [1.54, 1.807) is 18.4 Å². The minimum absolute atomic E-state index is 0.0504. The Morgan fingerprint density at radius 3 is 2.82 bits per heavy atom. The Labute approximate surface area is 105 Å². The van der Waals surface area contributed by atoms with Crippen molar-refractivity contribution in [3.05, 3.63) is 46.7 Å². The van der Waals surface area contributed by atoms with Gasteiger partial charge < -0.3 is 15.2 Å². The summed E-state index contributed by atoms with van der Waals surface area (Å²) in [5.74, 6) is 0.779. The van der Waals surface area contributed by atoms with E-state index in [4.69, 9.17) is 4.74 Å². The zero-order valence-corrected chi connectivity index (χ0v) is 10.4. The van der Waals surface area contributed by atoms with Gasteiger partial charge in [0.25, 0.3) is 0 Å². The maximum Gasteiger partial charge on any atom is 0.141 e. The van der Waals surface area contributed by atoms with E-state index < -0.39 is 0 Å². The second kappa shape index (κ2) is 5.70. The van der Waals surface area contributed by atoms with Gasteiger partial charge in [-0.3, -0.25) is 0 Å².